The lowest BCUT2D eigenvalue weighted by molar-refractivity contribution is -0.0781. The van der Waals surface area contributed by atoms with Crippen molar-refractivity contribution in [3.63, 3.8) is 0 Å². The molecule has 0 aromatic rings. The van der Waals surface area contributed by atoms with E-state index in [1.165, 1.54) is 38.5 Å². The lowest BCUT2D eigenvalue weighted by Gasteiger charge is -2.41. The van der Waals surface area contributed by atoms with Crippen LogP contribution in [0.2, 0.25) is 0 Å². The highest BCUT2D eigenvalue weighted by atomic mass is 16.5. The summed E-state index contributed by atoms with van der Waals surface area (Å²) in [6.45, 7) is 8.24. The minimum atomic E-state index is 0.142. The van der Waals surface area contributed by atoms with Gasteiger partial charge in [0.05, 0.1) is 5.76 Å². The Bertz CT molecular complexity index is 164. The average Bonchev–Trinajstić information content (AvgIpc) is 2.02. The summed E-state index contributed by atoms with van der Waals surface area (Å²) in [6.07, 6.45) is 9.03. The standard InChI is InChI=1S/C12H22O/c1-4-5-6-7-8-9-12(3)10-11(2)13-12/h2,4-10H2,1,3H3. The molecular formula is C12H22O. The van der Waals surface area contributed by atoms with E-state index in [1.807, 2.05) is 0 Å². The van der Waals surface area contributed by atoms with Gasteiger partial charge >= 0.3 is 0 Å². The lowest BCUT2D eigenvalue weighted by Crippen LogP contribution is -2.38. The molecule has 1 unspecified atom stereocenters. The zero-order chi connectivity index (χ0) is 9.73. The molecule has 0 aliphatic carbocycles. The third-order valence-electron chi connectivity index (χ3n) is 2.77. The Morgan fingerprint density at radius 1 is 1.31 bits per heavy atom. The first-order chi connectivity index (χ1) is 6.16. The molecule has 0 bridgehead atoms. The molecule has 0 saturated carbocycles. The summed E-state index contributed by atoms with van der Waals surface area (Å²) in [4.78, 5) is 0. The minimum absolute atomic E-state index is 0.142. The fourth-order valence-electron chi connectivity index (χ4n) is 2.00. The third kappa shape index (κ3) is 3.41. The molecule has 0 N–H and O–H groups in total. The van der Waals surface area contributed by atoms with E-state index >= 15 is 0 Å². The van der Waals surface area contributed by atoms with Crippen LogP contribution in [-0.2, 0) is 4.74 Å². The Hall–Kier alpha value is -0.460. The largest absolute Gasteiger partial charge is 0.492 e. The fourth-order valence-corrected chi connectivity index (χ4v) is 2.00. The molecule has 0 amide bonds. The van der Waals surface area contributed by atoms with Crippen molar-refractivity contribution in [2.24, 2.45) is 0 Å². The first-order valence-corrected chi connectivity index (χ1v) is 5.53. The van der Waals surface area contributed by atoms with Crippen LogP contribution in [0.15, 0.2) is 12.3 Å². The molecule has 13 heavy (non-hydrogen) atoms. The Labute approximate surface area is 82.2 Å². The first kappa shape index (κ1) is 10.6. The maximum atomic E-state index is 5.54. The van der Waals surface area contributed by atoms with Gasteiger partial charge in [0.25, 0.3) is 0 Å². The van der Waals surface area contributed by atoms with Crippen molar-refractivity contribution in [2.45, 2.75) is 64.4 Å². The normalized spacial score (nSPS) is 26.8. The highest BCUT2D eigenvalue weighted by molar-refractivity contribution is 5.04. The van der Waals surface area contributed by atoms with Gasteiger partial charge in [-0.25, -0.2) is 0 Å². The van der Waals surface area contributed by atoms with Gasteiger partial charge in [-0.05, 0) is 19.8 Å². The van der Waals surface area contributed by atoms with Gasteiger partial charge in [0.15, 0.2) is 0 Å². The van der Waals surface area contributed by atoms with Crippen molar-refractivity contribution < 1.29 is 4.74 Å². The van der Waals surface area contributed by atoms with Gasteiger partial charge in [-0.1, -0.05) is 39.2 Å². The minimum Gasteiger partial charge on any atom is -0.492 e. The maximum absolute atomic E-state index is 5.54. The van der Waals surface area contributed by atoms with Crippen molar-refractivity contribution in [2.75, 3.05) is 0 Å². The number of unbranched alkanes of at least 4 members (excludes halogenated alkanes) is 4. The molecule has 1 aliphatic rings. The van der Waals surface area contributed by atoms with Gasteiger partial charge in [0.2, 0.25) is 0 Å². The second-order valence-corrected chi connectivity index (χ2v) is 4.43. The summed E-state index contributed by atoms with van der Waals surface area (Å²) < 4.78 is 5.54. The zero-order valence-electron chi connectivity index (χ0n) is 9.07. The van der Waals surface area contributed by atoms with Crippen molar-refractivity contribution in [1.29, 1.82) is 0 Å². The second-order valence-electron chi connectivity index (χ2n) is 4.43. The Morgan fingerprint density at radius 2 is 1.92 bits per heavy atom. The Morgan fingerprint density at radius 3 is 2.46 bits per heavy atom. The van der Waals surface area contributed by atoms with Crippen LogP contribution in [0.3, 0.4) is 0 Å². The van der Waals surface area contributed by atoms with Gasteiger partial charge in [0, 0.05) is 6.42 Å². The number of hydrogen-bond acceptors (Lipinski definition) is 1. The third-order valence-corrected chi connectivity index (χ3v) is 2.77. The molecule has 76 valence electrons. The quantitative estimate of drug-likeness (QED) is 0.563. The Balaban J connectivity index is 1.97. The van der Waals surface area contributed by atoms with E-state index < -0.39 is 0 Å². The van der Waals surface area contributed by atoms with Crippen LogP contribution in [0, 0.1) is 0 Å². The lowest BCUT2D eigenvalue weighted by atomic mass is 9.89. The van der Waals surface area contributed by atoms with E-state index in [-0.39, 0.29) is 5.60 Å². The van der Waals surface area contributed by atoms with E-state index in [1.54, 1.807) is 0 Å². The molecule has 1 heteroatoms. The number of hydrogen-bond donors (Lipinski definition) is 0. The van der Waals surface area contributed by atoms with Crippen molar-refractivity contribution in [3.05, 3.63) is 12.3 Å². The molecule has 1 fully saturated rings. The van der Waals surface area contributed by atoms with Crippen LogP contribution in [0.4, 0.5) is 0 Å². The highest BCUT2D eigenvalue weighted by Crippen LogP contribution is 2.38. The summed E-state index contributed by atoms with van der Waals surface area (Å²) in [7, 11) is 0. The predicted molar refractivity (Wildman–Crippen MR) is 56.6 cm³/mol. The van der Waals surface area contributed by atoms with Crippen LogP contribution in [0.25, 0.3) is 0 Å². The molecule has 0 spiro atoms. The molecule has 1 rings (SSSR count). The molecule has 1 nitrogen and oxygen atoms in total. The van der Waals surface area contributed by atoms with Crippen LogP contribution in [-0.4, -0.2) is 5.60 Å². The van der Waals surface area contributed by atoms with Gasteiger partial charge in [-0.3, -0.25) is 0 Å². The molecule has 0 aromatic heterocycles. The molecule has 1 atom stereocenters. The summed E-state index contributed by atoms with van der Waals surface area (Å²) in [5, 5.41) is 0. The summed E-state index contributed by atoms with van der Waals surface area (Å²) in [5.74, 6) is 0.969. The first-order valence-electron chi connectivity index (χ1n) is 5.53. The highest BCUT2D eigenvalue weighted by Gasteiger charge is 2.36. The predicted octanol–water partition coefficient (Wildman–Crippen LogP) is 4.04. The molecule has 1 aliphatic heterocycles. The van der Waals surface area contributed by atoms with Gasteiger partial charge in [0.1, 0.15) is 5.60 Å². The van der Waals surface area contributed by atoms with Crippen LogP contribution < -0.4 is 0 Å². The van der Waals surface area contributed by atoms with Gasteiger partial charge in [-0.15, -0.1) is 0 Å². The summed E-state index contributed by atoms with van der Waals surface area (Å²) in [6, 6.07) is 0. The second kappa shape index (κ2) is 4.69. The number of ether oxygens (including phenoxy) is 1. The maximum Gasteiger partial charge on any atom is 0.113 e. The molecule has 1 heterocycles. The smallest absolute Gasteiger partial charge is 0.113 e. The van der Waals surface area contributed by atoms with Gasteiger partial charge < -0.3 is 4.74 Å². The van der Waals surface area contributed by atoms with Gasteiger partial charge in [-0.2, -0.15) is 0 Å². The van der Waals surface area contributed by atoms with Crippen molar-refractivity contribution >= 4 is 0 Å². The molecule has 0 aromatic carbocycles. The topological polar surface area (TPSA) is 9.23 Å². The fraction of sp³-hybridized carbons (Fsp3) is 0.833. The van der Waals surface area contributed by atoms with E-state index in [0.29, 0.717) is 0 Å². The zero-order valence-corrected chi connectivity index (χ0v) is 9.07. The van der Waals surface area contributed by atoms with Crippen molar-refractivity contribution in [1.82, 2.24) is 0 Å². The van der Waals surface area contributed by atoms with E-state index in [4.69, 9.17) is 4.74 Å². The van der Waals surface area contributed by atoms with E-state index in [9.17, 15) is 0 Å². The summed E-state index contributed by atoms with van der Waals surface area (Å²) >= 11 is 0. The van der Waals surface area contributed by atoms with Crippen molar-refractivity contribution in [3.8, 4) is 0 Å². The van der Waals surface area contributed by atoms with Crippen LogP contribution in [0.5, 0.6) is 0 Å². The SMILES string of the molecule is C=C1CC(C)(CCCCCCC)O1. The van der Waals surface area contributed by atoms with Crippen LogP contribution >= 0.6 is 0 Å². The monoisotopic (exact) mass is 182 g/mol. The average molecular weight is 182 g/mol. The summed E-state index contributed by atoms with van der Waals surface area (Å²) in [5.41, 5.74) is 0.142. The number of rotatable bonds is 6. The molecular weight excluding hydrogens is 160 g/mol. The van der Waals surface area contributed by atoms with E-state index in [2.05, 4.69) is 20.4 Å². The Kier molecular flexibility index (Phi) is 3.83. The molecule has 1 saturated heterocycles. The van der Waals surface area contributed by atoms with E-state index in [0.717, 1.165) is 12.2 Å². The molecule has 0 radical (unpaired) electrons. The van der Waals surface area contributed by atoms with Crippen LogP contribution in [0.1, 0.15) is 58.8 Å².